The van der Waals surface area contributed by atoms with Gasteiger partial charge >= 0.3 is 0 Å². The molecule has 0 bridgehead atoms. The molecule has 1 amide bonds. The zero-order valence-corrected chi connectivity index (χ0v) is 13.5. The first kappa shape index (κ1) is 15.7. The van der Waals surface area contributed by atoms with E-state index in [1.807, 2.05) is 42.3 Å². The van der Waals surface area contributed by atoms with Gasteiger partial charge in [0.15, 0.2) is 0 Å². The van der Waals surface area contributed by atoms with Crippen LogP contribution in [0.15, 0.2) is 40.9 Å². The highest BCUT2D eigenvalue weighted by molar-refractivity contribution is 5.92. The van der Waals surface area contributed by atoms with Crippen LogP contribution < -0.4 is 5.32 Å². The SMILES string of the molecule is CNCCC1CCN(C(=O)c2cc(-c3ccccc3)no2)CC1. The van der Waals surface area contributed by atoms with Crippen molar-refractivity contribution >= 4 is 5.91 Å². The van der Waals surface area contributed by atoms with Crippen molar-refractivity contribution in [2.24, 2.45) is 5.92 Å². The number of aromatic nitrogens is 1. The summed E-state index contributed by atoms with van der Waals surface area (Å²) in [5.74, 6) is 0.991. The highest BCUT2D eigenvalue weighted by Gasteiger charge is 2.26. The topological polar surface area (TPSA) is 58.4 Å². The minimum atomic E-state index is -0.0493. The Labute approximate surface area is 136 Å². The minimum Gasteiger partial charge on any atom is -0.350 e. The van der Waals surface area contributed by atoms with Crippen LogP contribution in [0, 0.1) is 5.92 Å². The highest BCUT2D eigenvalue weighted by Crippen LogP contribution is 2.23. The molecule has 0 saturated carbocycles. The molecule has 1 aliphatic rings. The molecule has 3 rings (SSSR count). The van der Waals surface area contributed by atoms with Crippen molar-refractivity contribution in [1.29, 1.82) is 0 Å². The summed E-state index contributed by atoms with van der Waals surface area (Å²) in [6, 6.07) is 11.5. The van der Waals surface area contributed by atoms with Gasteiger partial charge in [0.2, 0.25) is 5.76 Å². The smallest absolute Gasteiger partial charge is 0.292 e. The molecule has 5 nitrogen and oxygen atoms in total. The van der Waals surface area contributed by atoms with Crippen molar-refractivity contribution in [3.8, 4) is 11.3 Å². The third kappa shape index (κ3) is 3.79. The molecule has 122 valence electrons. The Morgan fingerprint density at radius 1 is 1.30 bits per heavy atom. The van der Waals surface area contributed by atoms with Crippen LogP contribution in [-0.2, 0) is 0 Å². The zero-order valence-electron chi connectivity index (χ0n) is 13.5. The van der Waals surface area contributed by atoms with E-state index in [-0.39, 0.29) is 5.91 Å². The van der Waals surface area contributed by atoms with E-state index in [1.165, 1.54) is 6.42 Å². The van der Waals surface area contributed by atoms with Crippen molar-refractivity contribution < 1.29 is 9.32 Å². The van der Waals surface area contributed by atoms with E-state index >= 15 is 0 Å². The standard InChI is InChI=1S/C18H23N3O2/c1-19-10-7-14-8-11-21(12-9-14)18(22)17-13-16(20-23-17)15-5-3-2-4-6-15/h2-6,13-14,19H,7-12H2,1H3. The van der Waals surface area contributed by atoms with E-state index in [0.29, 0.717) is 17.4 Å². The first-order valence-corrected chi connectivity index (χ1v) is 8.24. The lowest BCUT2D eigenvalue weighted by Gasteiger charge is -2.31. The van der Waals surface area contributed by atoms with Gasteiger partial charge in [0, 0.05) is 24.7 Å². The van der Waals surface area contributed by atoms with E-state index < -0.39 is 0 Å². The first-order chi connectivity index (χ1) is 11.3. The Bertz CT molecular complexity index is 631. The van der Waals surface area contributed by atoms with Crippen LogP contribution in [-0.4, -0.2) is 42.6 Å². The number of piperidine rings is 1. The Morgan fingerprint density at radius 2 is 2.04 bits per heavy atom. The molecule has 5 heteroatoms. The van der Waals surface area contributed by atoms with E-state index in [9.17, 15) is 4.79 Å². The quantitative estimate of drug-likeness (QED) is 0.922. The fourth-order valence-corrected chi connectivity index (χ4v) is 3.05. The van der Waals surface area contributed by atoms with Gasteiger partial charge in [-0.2, -0.15) is 0 Å². The zero-order chi connectivity index (χ0) is 16.1. The van der Waals surface area contributed by atoms with Gasteiger partial charge < -0.3 is 14.7 Å². The summed E-state index contributed by atoms with van der Waals surface area (Å²) < 4.78 is 5.27. The third-order valence-electron chi connectivity index (χ3n) is 4.49. The predicted molar refractivity (Wildman–Crippen MR) is 89.1 cm³/mol. The molecule has 2 heterocycles. The van der Waals surface area contributed by atoms with E-state index in [4.69, 9.17) is 4.52 Å². The molecular formula is C18H23N3O2. The average Bonchev–Trinajstić information content (AvgIpc) is 3.11. The second kappa shape index (κ2) is 7.42. The van der Waals surface area contributed by atoms with Crippen LogP contribution in [0.1, 0.15) is 29.8 Å². The van der Waals surface area contributed by atoms with Crippen LogP contribution in [0.4, 0.5) is 0 Å². The van der Waals surface area contributed by atoms with Gasteiger partial charge in [-0.05, 0) is 38.8 Å². The summed E-state index contributed by atoms with van der Waals surface area (Å²) in [4.78, 5) is 14.4. The maximum absolute atomic E-state index is 12.5. The molecule has 0 aliphatic carbocycles. The second-order valence-electron chi connectivity index (χ2n) is 6.07. The molecule has 2 aromatic rings. The molecule has 0 spiro atoms. The maximum Gasteiger partial charge on any atom is 0.292 e. The number of carbonyl (C=O) groups excluding carboxylic acids is 1. The molecule has 23 heavy (non-hydrogen) atoms. The maximum atomic E-state index is 12.5. The van der Waals surface area contributed by atoms with Crippen molar-refractivity contribution in [3.63, 3.8) is 0 Å². The number of likely N-dealkylation sites (tertiary alicyclic amines) is 1. The number of nitrogens with one attached hydrogen (secondary N) is 1. The molecule has 0 atom stereocenters. The van der Waals surface area contributed by atoms with Gasteiger partial charge in [0.05, 0.1) is 0 Å². The molecule has 1 aromatic carbocycles. The fraction of sp³-hybridized carbons (Fsp3) is 0.444. The van der Waals surface area contributed by atoms with Gasteiger partial charge in [-0.1, -0.05) is 35.5 Å². The lowest BCUT2D eigenvalue weighted by molar-refractivity contribution is 0.0645. The van der Waals surface area contributed by atoms with E-state index in [2.05, 4.69) is 10.5 Å². The Morgan fingerprint density at radius 3 is 2.74 bits per heavy atom. The van der Waals surface area contributed by atoms with Crippen LogP contribution in [0.25, 0.3) is 11.3 Å². The molecule has 1 aliphatic heterocycles. The van der Waals surface area contributed by atoms with E-state index in [1.54, 1.807) is 6.07 Å². The summed E-state index contributed by atoms with van der Waals surface area (Å²) in [6.45, 7) is 2.64. The van der Waals surface area contributed by atoms with Gasteiger partial charge in [0.1, 0.15) is 5.69 Å². The molecule has 0 unspecified atom stereocenters. The second-order valence-corrected chi connectivity index (χ2v) is 6.07. The Hall–Kier alpha value is -2.14. The van der Waals surface area contributed by atoms with Crippen molar-refractivity contribution in [3.05, 3.63) is 42.2 Å². The van der Waals surface area contributed by atoms with Crippen LogP contribution in [0.5, 0.6) is 0 Å². The minimum absolute atomic E-state index is 0.0493. The lowest BCUT2D eigenvalue weighted by atomic mass is 9.93. The van der Waals surface area contributed by atoms with Gasteiger partial charge in [0.25, 0.3) is 5.91 Å². The number of benzene rings is 1. The summed E-state index contributed by atoms with van der Waals surface area (Å²) >= 11 is 0. The lowest BCUT2D eigenvalue weighted by Crippen LogP contribution is -2.38. The number of rotatable bonds is 5. The predicted octanol–water partition coefficient (Wildman–Crippen LogP) is 2.80. The third-order valence-corrected chi connectivity index (χ3v) is 4.49. The summed E-state index contributed by atoms with van der Waals surface area (Å²) in [7, 11) is 1.98. The van der Waals surface area contributed by atoms with Crippen molar-refractivity contribution in [2.75, 3.05) is 26.7 Å². The summed E-state index contributed by atoms with van der Waals surface area (Å²) in [5.41, 5.74) is 1.67. The van der Waals surface area contributed by atoms with Crippen LogP contribution in [0.3, 0.4) is 0 Å². The number of hydrogen-bond donors (Lipinski definition) is 1. The molecule has 1 N–H and O–H groups in total. The number of amides is 1. The molecule has 0 radical (unpaired) electrons. The van der Waals surface area contributed by atoms with Crippen molar-refractivity contribution in [1.82, 2.24) is 15.4 Å². The van der Waals surface area contributed by atoms with Crippen molar-refractivity contribution in [2.45, 2.75) is 19.3 Å². The highest BCUT2D eigenvalue weighted by atomic mass is 16.5. The molecule has 1 saturated heterocycles. The normalized spacial score (nSPS) is 15.8. The average molecular weight is 313 g/mol. The number of carbonyl (C=O) groups is 1. The fourth-order valence-electron chi connectivity index (χ4n) is 3.05. The molecular weight excluding hydrogens is 290 g/mol. The molecule has 1 fully saturated rings. The van der Waals surface area contributed by atoms with Gasteiger partial charge in [-0.3, -0.25) is 4.79 Å². The first-order valence-electron chi connectivity index (χ1n) is 8.24. The van der Waals surface area contributed by atoms with Gasteiger partial charge in [-0.15, -0.1) is 0 Å². The van der Waals surface area contributed by atoms with Crippen LogP contribution in [0.2, 0.25) is 0 Å². The summed E-state index contributed by atoms with van der Waals surface area (Å²) in [5, 5.41) is 7.22. The summed E-state index contributed by atoms with van der Waals surface area (Å²) in [6.07, 6.45) is 3.30. The molecule has 1 aromatic heterocycles. The number of nitrogens with zero attached hydrogens (tertiary/aromatic N) is 2. The number of hydrogen-bond acceptors (Lipinski definition) is 4. The van der Waals surface area contributed by atoms with E-state index in [0.717, 1.165) is 38.0 Å². The Kier molecular flexibility index (Phi) is 5.08. The largest absolute Gasteiger partial charge is 0.350 e. The van der Waals surface area contributed by atoms with Crippen LogP contribution >= 0.6 is 0 Å². The monoisotopic (exact) mass is 313 g/mol. The Balaban J connectivity index is 1.60. The van der Waals surface area contributed by atoms with Gasteiger partial charge in [-0.25, -0.2) is 0 Å².